The van der Waals surface area contributed by atoms with Crippen LogP contribution in [0.5, 0.6) is 0 Å². The van der Waals surface area contributed by atoms with E-state index in [1.807, 2.05) is 24.5 Å². The molecule has 0 saturated heterocycles. The summed E-state index contributed by atoms with van der Waals surface area (Å²) in [6.07, 6.45) is 10.2. The molecule has 2 aromatic rings. The maximum Gasteiger partial charge on any atom is 0.243 e. The Morgan fingerprint density at radius 1 is 1.33 bits per heavy atom. The van der Waals surface area contributed by atoms with E-state index < -0.39 is 15.9 Å². The second-order valence-corrected chi connectivity index (χ2v) is 8.90. The summed E-state index contributed by atoms with van der Waals surface area (Å²) in [5.41, 5.74) is 6.02. The van der Waals surface area contributed by atoms with E-state index in [0.717, 1.165) is 12.8 Å². The van der Waals surface area contributed by atoms with E-state index in [0.29, 0.717) is 17.6 Å². The number of rotatable bonds is 7. The van der Waals surface area contributed by atoms with Crippen molar-refractivity contribution in [2.24, 2.45) is 11.7 Å². The van der Waals surface area contributed by atoms with E-state index in [2.05, 4.69) is 14.7 Å². The first-order valence-electron chi connectivity index (χ1n) is 8.33. The number of hydrogen-bond donors (Lipinski definition) is 1. The van der Waals surface area contributed by atoms with Crippen LogP contribution < -0.4 is 5.73 Å². The lowest BCUT2D eigenvalue weighted by Crippen LogP contribution is -2.20. The van der Waals surface area contributed by atoms with Gasteiger partial charge in [-0.25, -0.2) is 8.42 Å². The summed E-state index contributed by atoms with van der Waals surface area (Å²) in [5.74, 6) is 1.43. The van der Waals surface area contributed by atoms with Gasteiger partial charge >= 0.3 is 0 Å². The summed E-state index contributed by atoms with van der Waals surface area (Å²) in [6.45, 7) is 0. The Morgan fingerprint density at radius 3 is 2.62 bits per heavy atom. The van der Waals surface area contributed by atoms with Crippen LogP contribution in [0.25, 0.3) is 0 Å². The maximum atomic E-state index is 11.3. The van der Waals surface area contributed by atoms with Crippen molar-refractivity contribution < 1.29 is 12.9 Å². The molecule has 0 unspecified atom stereocenters. The number of aromatic nitrogens is 3. The van der Waals surface area contributed by atoms with Crippen LogP contribution >= 0.6 is 0 Å². The summed E-state index contributed by atoms with van der Waals surface area (Å²) in [5, 5.41) is 4.15. The van der Waals surface area contributed by atoms with Gasteiger partial charge in [0.25, 0.3) is 0 Å². The van der Waals surface area contributed by atoms with Crippen LogP contribution in [-0.2, 0) is 9.84 Å². The Bertz CT molecular complexity index is 748. The molecule has 24 heavy (non-hydrogen) atoms. The highest BCUT2D eigenvalue weighted by Gasteiger charge is 2.31. The van der Waals surface area contributed by atoms with E-state index in [9.17, 15) is 8.42 Å². The zero-order valence-corrected chi connectivity index (χ0v) is 14.7. The van der Waals surface area contributed by atoms with Crippen LogP contribution in [0, 0.1) is 5.92 Å². The quantitative estimate of drug-likeness (QED) is 0.818. The fraction of sp³-hybridized carbons (Fsp3) is 0.625. The van der Waals surface area contributed by atoms with Crippen molar-refractivity contribution in [3.8, 4) is 0 Å². The molecule has 2 aromatic heterocycles. The number of nitrogens with zero attached hydrogens (tertiary/aromatic N) is 3. The average Bonchev–Trinajstić information content (AvgIpc) is 3.27. The van der Waals surface area contributed by atoms with Crippen LogP contribution in [0.15, 0.2) is 29.0 Å². The molecular formula is C16H24N4O3S. The molecule has 2 atom stereocenters. The summed E-state index contributed by atoms with van der Waals surface area (Å²) < 4.78 is 30.0. The van der Waals surface area contributed by atoms with Gasteiger partial charge < -0.3 is 14.8 Å². The summed E-state index contributed by atoms with van der Waals surface area (Å²) in [4.78, 5) is 4.49. The lowest BCUT2D eigenvalue weighted by Gasteiger charge is -2.22. The minimum Gasteiger partial charge on any atom is -0.343 e. The van der Waals surface area contributed by atoms with Crippen LogP contribution in [0.3, 0.4) is 0 Å². The molecule has 2 heterocycles. The van der Waals surface area contributed by atoms with Crippen molar-refractivity contribution in [1.29, 1.82) is 0 Å². The predicted molar refractivity (Wildman–Crippen MR) is 90.1 cm³/mol. The molecular weight excluding hydrogens is 328 g/mol. The van der Waals surface area contributed by atoms with E-state index in [1.165, 1.54) is 19.1 Å². The predicted octanol–water partition coefficient (Wildman–Crippen LogP) is 2.09. The first-order chi connectivity index (χ1) is 11.4. The van der Waals surface area contributed by atoms with Gasteiger partial charge in [-0.2, -0.15) is 4.98 Å². The lowest BCUT2D eigenvalue weighted by molar-refractivity contribution is 0.325. The summed E-state index contributed by atoms with van der Waals surface area (Å²) in [6, 6.07) is 3.46. The third-order valence-electron chi connectivity index (χ3n) is 4.63. The molecule has 132 valence electrons. The second-order valence-electron chi connectivity index (χ2n) is 6.64. The van der Waals surface area contributed by atoms with E-state index >= 15 is 0 Å². The molecule has 0 bridgehead atoms. The number of sulfone groups is 1. The molecule has 3 rings (SSSR count). The van der Waals surface area contributed by atoms with E-state index in [4.69, 9.17) is 10.3 Å². The van der Waals surface area contributed by atoms with Crippen molar-refractivity contribution in [2.75, 3.05) is 12.0 Å². The fourth-order valence-electron chi connectivity index (χ4n) is 3.38. The van der Waals surface area contributed by atoms with Crippen molar-refractivity contribution in [2.45, 2.75) is 44.2 Å². The smallest absolute Gasteiger partial charge is 0.243 e. The Hall–Kier alpha value is -1.67. The largest absolute Gasteiger partial charge is 0.343 e. The van der Waals surface area contributed by atoms with Crippen molar-refractivity contribution in [3.63, 3.8) is 0 Å². The Labute approximate surface area is 142 Å². The minimum atomic E-state index is -3.06. The SMILES string of the molecule is CS(=O)(=O)CC[C@H](N)c1nc([C@@H](C2CCCC2)n2cccc2)no1. The van der Waals surface area contributed by atoms with Crippen molar-refractivity contribution >= 4 is 9.84 Å². The molecule has 2 N–H and O–H groups in total. The van der Waals surface area contributed by atoms with Gasteiger partial charge in [0.1, 0.15) is 9.84 Å². The topological polar surface area (TPSA) is 104 Å². The summed E-state index contributed by atoms with van der Waals surface area (Å²) in [7, 11) is -3.06. The second kappa shape index (κ2) is 7.06. The van der Waals surface area contributed by atoms with Gasteiger partial charge in [-0.3, -0.25) is 0 Å². The highest BCUT2D eigenvalue weighted by Crippen LogP contribution is 2.37. The first-order valence-corrected chi connectivity index (χ1v) is 10.4. The van der Waals surface area contributed by atoms with Gasteiger partial charge in [0.15, 0.2) is 5.82 Å². The molecule has 7 nitrogen and oxygen atoms in total. The van der Waals surface area contributed by atoms with Gasteiger partial charge in [-0.1, -0.05) is 18.0 Å². The highest BCUT2D eigenvalue weighted by atomic mass is 32.2. The van der Waals surface area contributed by atoms with Crippen LogP contribution in [-0.4, -0.2) is 35.1 Å². The first kappa shape index (κ1) is 17.2. The third kappa shape index (κ3) is 4.05. The number of hydrogen-bond acceptors (Lipinski definition) is 6. The number of nitrogens with two attached hydrogens (primary N) is 1. The zero-order valence-electron chi connectivity index (χ0n) is 13.8. The molecule has 8 heteroatoms. The average molecular weight is 352 g/mol. The van der Waals surface area contributed by atoms with Crippen molar-refractivity contribution in [1.82, 2.24) is 14.7 Å². The molecule has 1 fully saturated rings. The normalized spacial score (nSPS) is 18.8. The molecule has 1 saturated carbocycles. The minimum absolute atomic E-state index is 0.00946. The van der Waals surface area contributed by atoms with E-state index in [1.54, 1.807) is 0 Å². The molecule has 0 aliphatic heterocycles. The Kier molecular flexibility index (Phi) is 5.05. The molecule has 0 spiro atoms. The van der Waals surface area contributed by atoms with Gasteiger partial charge in [-0.05, 0) is 37.3 Å². The van der Waals surface area contributed by atoms with Crippen molar-refractivity contribution in [3.05, 3.63) is 36.2 Å². The standard InChI is InChI=1S/C16H24N4O3S/c1-24(21,22)11-8-13(17)16-18-15(19-23-16)14(12-6-2-3-7-12)20-9-4-5-10-20/h4-5,9-10,12-14H,2-3,6-8,11,17H2,1H3/t13-,14+/m0/s1. The van der Waals surface area contributed by atoms with E-state index in [-0.39, 0.29) is 18.2 Å². The molecule has 1 aliphatic carbocycles. The zero-order chi connectivity index (χ0) is 17.2. The monoisotopic (exact) mass is 352 g/mol. The van der Waals surface area contributed by atoms with Crippen LogP contribution in [0.4, 0.5) is 0 Å². The summed E-state index contributed by atoms with van der Waals surface area (Å²) >= 11 is 0. The third-order valence-corrected chi connectivity index (χ3v) is 5.61. The maximum absolute atomic E-state index is 11.3. The van der Waals surface area contributed by atoms with Gasteiger partial charge in [-0.15, -0.1) is 0 Å². The molecule has 1 aliphatic rings. The lowest BCUT2D eigenvalue weighted by atomic mass is 9.97. The van der Waals surface area contributed by atoms with Gasteiger partial charge in [0.2, 0.25) is 5.89 Å². The highest BCUT2D eigenvalue weighted by molar-refractivity contribution is 7.90. The Balaban J connectivity index is 1.78. The molecule has 0 radical (unpaired) electrons. The Morgan fingerprint density at radius 2 is 2.00 bits per heavy atom. The van der Waals surface area contributed by atoms with Crippen LogP contribution in [0.1, 0.15) is 55.9 Å². The van der Waals surface area contributed by atoms with Gasteiger partial charge in [0.05, 0.1) is 17.8 Å². The van der Waals surface area contributed by atoms with Gasteiger partial charge in [0, 0.05) is 18.6 Å². The molecule has 0 amide bonds. The fourth-order valence-corrected chi connectivity index (χ4v) is 4.06. The molecule has 0 aromatic carbocycles. The van der Waals surface area contributed by atoms with Crippen LogP contribution in [0.2, 0.25) is 0 Å².